The van der Waals surface area contributed by atoms with Crippen molar-refractivity contribution in [1.82, 2.24) is 9.62 Å². The van der Waals surface area contributed by atoms with Crippen LogP contribution >= 0.6 is 0 Å². The summed E-state index contributed by atoms with van der Waals surface area (Å²) in [4.78, 5) is 2.57. The number of hydrazine groups is 1. The van der Waals surface area contributed by atoms with Gasteiger partial charge in [0.25, 0.3) is 0 Å². The van der Waals surface area contributed by atoms with Gasteiger partial charge in [-0.25, -0.2) is 13.1 Å². The van der Waals surface area contributed by atoms with Gasteiger partial charge in [-0.2, -0.15) is 0 Å². The Balaban J connectivity index is 2.16. The van der Waals surface area contributed by atoms with Gasteiger partial charge in [-0.05, 0) is 63.0 Å². The molecule has 1 aliphatic heterocycles. The van der Waals surface area contributed by atoms with E-state index in [1.165, 1.54) is 0 Å². The molecule has 6 nitrogen and oxygen atoms in total. The van der Waals surface area contributed by atoms with Crippen molar-refractivity contribution in [3.63, 3.8) is 0 Å². The number of likely N-dealkylation sites (tertiary alicyclic amines) is 1. The third kappa shape index (κ3) is 3.74. The van der Waals surface area contributed by atoms with E-state index >= 15 is 0 Å². The van der Waals surface area contributed by atoms with Crippen LogP contribution in [0.3, 0.4) is 0 Å². The molecule has 1 saturated heterocycles. The van der Waals surface area contributed by atoms with E-state index in [0.29, 0.717) is 34.2 Å². The van der Waals surface area contributed by atoms with Crippen LogP contribution < -0.4 is 16.0 Å². The topological polar surface area (TPSA) is 87.5 Å². The number of nitrogens with one attached hydrogen (secondary N) is 2. The fourth-order valence-electron chi connectivity index (χ4n) is 2.95. The molecule has 0 amide bonds. The molecular weight excluding hydrogens is 288 g/mol. The maximum Gasteiger partial charge on any atom is 0.241 e. The van der Waals surface area contributed by atoms with E-state index in [9.17, 15) is 8.42 Å². The Labute approximate surface area is 126 Å². The minimum atomic E-state index is -3.49. The normalized spacial score (nSPS) is 19.9. The molecule has 0 spiro atoms. The van der Waals surface area contributed by atoms with Crippen molar-refractivity contribution < 1.29 is 8.42 Å². The minimum Gasteiger partial charge on any atom is -0.324 e. The van der Waals surface area contributed by atoms with Crippen LogP contribution in [0.1, 0.15) is 17.5 Å². The fraction of sp³-hybridized carbons (Fsp3) is 0.571. The van der Waals surface area contributed by atoms with Crippen LogP contribution in [-0.2, 0) is 10.0 Å². The maximum atomic E-state index is 12.5. The summed E-state index contributed by atoms with van der Waals surface area (Å²) < 4.78 is 27.8. The van der Waals surface area contributed by atoms with Gasteiger partial charge in [-0.3, -0.25) is 5.84 Å². The molecule has 1 aromatic carbocycles. The van der Waals surface area contributed by atoms with Crippen molar-refractivity contribution in [2.24, 2.45) is 11.8 Å². The van der Waals surface area contributed by atoms with E-state index in [4.69, 9.17) is 5.84 Å². The van der Waals surface area contributed by atoms with Crippen LogP contribution in [-0.4, -0.2) is 40.0 Å². The van der Waals surface area contributed by atoms with Gasteiger partial charge in [0.15, 0.2) is 0 Å². The van der Waals surface area contributed by atoms with Crippen LogP contribution in [0.5, 0.6) is 0 Å². The van der Waals surface area contributed by atoms with Gasteiger partial charge in [-0.1, -0.05) is 0 Å². The molecule has 21 heavy (non-hydrogen) atoms. The quantitative estimate of drug-likeness (QED) is 0.553. The highest BCUT2D eigenvalue weighted by molar-refractivity contribution is 7.89. The van der Waals surface area contributed by atoms with Gasteiger partial charge >= 0.3 is 0 Å². The molecule has 1 heterocycles. The number of nitrogen functional groups attached to an aromatic ring is 1. The van der Waals surface area contributed by atoms with E-state index in [-0.39, 0.29) is 0 Å². The smallest absolute Gasteiger partial charge is 0.241 e. The Bertz CT molecular complexity index is 592. The van der Waals surface area contributed by atoms with Crippen molar-refractivity contribution in [3.05, 3.63) is 23.3 Å². The number of nitrogens with two attached hydrogens (primary N) is 1. The van der Waals surface area contributed by atoms with E-state index in [0.717, 1.165) is 19.5 Å². The first-order chi connectivity index (χ1) is 9.83. The summed E-state index contributed by atoms with van der Waals surface area (Å²) in [7, 11) is -1.43. The molecule has 118 valence electrons. The first kappa shape index (κ1) is 16.2. The van der Waals surface area contributed by atoms with Crippen molar-refractivity contribution in [1.29, 1.82) is 0 Å². The average Bonchev–Trinajstić information content (AvgIpc) is 2.81. The Kier molecular flexibility index (Phi) is 4.88. The molecule has 2 rings (SSSR count). The zero-order chi connectivity index (χ0) is 15.6. The molecule has 7 heteroatoms. The number of aryl methyl sites for hydroxylation is 2. The van der Waals surface area contributed by atoms with Crippen LogP contribution in [0, 0.1) is 19.8 Å². The second kappa shape index (κ2) is 6.31. The van der Waals surface area contributed by atoms with E-state index in [1.54, 1.807) is 26.0 Å². The molecule has 0 saturated carbocycles. The lowest BCUT2D eigenvalue weighted by Crippen LogP contribution is -2.31. The number of nitrogens with zero attached hydrogens (tertiary/aromatic N) is 1. The molecule has 0 radical (unpaired) electrons. The summed E-state index contributed by atoms with van der Waals surface area (Å²) in [6, 6.07) is 3.48. The molecule has 1 aliphatic rings. The zero-order valence-corrected chi connectivity index (χ0v) is 13.6. The molecule has 1 unspecified atom stereocenters. The predicted octanol–water partition coefficient (Wildman–Crippen LogP) is 0.819. The van der Waals surface area contributed by atoms with Gasteiger partial charge < -0.3 is 10.3 Å². The molecule has 0 aromatic heterocycles. The molecule has 0 aliphatic carbocycles. The third-order valence-electron chi connectivity index (χ3n) is 3.95. The van der Waals surface area contributed by atoms with Crippen molar-refractivity contribution in [2.45, 2.75) is 25.2 Å². The van der Waals surface area contributed by atoms with Crippen molar-refractivity contribution >= 4 is 15.7 Å². The van der Waals surface area contributed by atoms with E-state index < -0.39 is 10.0 Å². The summed E-state index contributed by atoms with van der Waals surface area (Å²) in [5.41, 5.74) is 4.64. The van der Waals surface area contributed by atoms with Gasteiger partial charge in [0.05, 0.1) is 4.90 Å². The Morgan fingerprint density at radius 2 is 1.95 bits per heavy atom. The molecule has 1 aromatic rings. The zero-order valence-electron chi connectivity index (χ0n) is 12.8. The highest BCUT2D eigenvalue weighted by atomic mass is 32.2. The number of hydrogen-bond donors (Lipinski definition) is 3. The van der Waals surface area contributed by atoms with Gasteiger partial charge in [0.2, 0.25) is 10.0 Å². The number of benzene rings is 1. The number of sulfonamides is 1. The number of rotatable bonds is 5. The first-order valence-corrected chi connectivity index (χ1v) is 8.58. The van der Waals surface area contributed by atoms with E-state index in [2.05, 4.69) is 22.1 Å². The molecule has 1 atom stereocenters. The average molecular weight is 312 g/mol. The molecular formula is C14H24N4O2S. The Morgan fingerprint density at radius 1 is 1.33 bits per heavy atom. The standard InChI is InChI=1S/C14H24N4O2S/c1-10-6-13(17-15)7-11(2)14(10)21(19,20)16-8-12-4-5-18(3)9-12/h6-7,12,16-17H,4-5,8-9,15H2,1-3H3. The highest BCUT2D eigenvalue weighted by Crippen LogP contribution is 2.24. The maximum absolute atomic E-state index is 12.5. The highest BCUT2D eigenvalue weighted by Gasteiger charge is 2.24. The summed E-state index contributed by atoms with van der Waals surface area (Å²) in [5, 5.41) is 0. The molecule has 4 N–H and O–H groups in total. The van der Waals surface area contributed by atoms with Gasteiger partial charge in [0, 0.05) is 18.8 Å². The summed E-state index contributed by atoms with van der Waals surface area (Å²) in [6.45, 7) is 6.03. The van der Waals surface area contributed by atoms with Crippen molar-refractivity contribution in [2.75, 3.05) is 32.1 Å². The largest absolute Gasteiger partial charge is 0.324 e. The lowest BCUT2D eigenvalue weighted by molar-refractivity contribution is 0.394. The summed E-state index contributed by atoms with van der Waals surface area (Å²) in [5.74, 6) is 5.77. The monoisotopic (exact) mass is 312 g/mol. The van der Waals surface area contributed by atoms with Crippen LogP contribution in [0.4, 0.5) is 5.69 Å². The van der Waals surface area contributed by atoms with Crippen LogP contribution in [0.15, 0.2) is 17.0 Å². The predicted molar refractivity (Wildman–Crippen MR) is 84.5 cm³/mol. The Hall–Kier alpha value is -1.15. The summed E-state index contributed by atoms with van der Waals surface area (Å²) in [6.07, 6.45) is 1.03. The SMILES string of the molecule is Cc1cc(NN)cc(C)c1S(=O)(=O)NCC1CCN(C)C1. The second-order valence-electron chi connectivity index (χ2n) is 5.85. The lowest BCUT2D eigenvalue weighted by Gasteiger charge is -2.16. The van der Waals surface area contributed by atoms with Gasteiger partial charge in [0.1, 0.15) is 0 Å². The van der Waals surface area contributed by atoms with Gasteiger partial charge in [-0.15, -0.1) is 0 Å². The third-order valence-corrected chi connectivity index (χ3v) is 5.67. The van der Waals surface area contributed by atoms with E-state index in [1.807, 2.05) is 0 Å². The van der Waals surface area contributed by atoms with Crippen molar-refractivity contribution in [3.8, 4) is 0 Å². The number of hydrogen-bond acceptors (Lipinski definition) is 5. The first-order valence-electron chi connectivity index (χ1n) is 7.09. The summed E-state index contributed by atoms with van der Waals surface area (Å²) >= 11 is 0. The molecule has 1 fully saturated rings. The second-order valence-corrected chi connectivity index (χ2v) is 7.56. The lowest BCUT2D eigenvalue weighted by atomic mass is 10.1. The Morgan fingerprint density at radius 3 is 2.43 bits per heavy atom. The minimum absolute atomic E-state index is 0.354. The fourth-order valence-corrected chi connectivity index (χ4v) is 4.52. The number of anilines is 1. The van der Waals surface area contributed by atoms with Crippen LogP contribution in [0.25, 0.3) is 0 Å². The van der Waals surface area contributed by atoms with Crippen LogP contribution in [0.2, 0.25) is 0 Å². The molecule has 0 bridgehead atoms.